The number of morpholine rings is 1. The summed E-state index contributed by atoms with van der Waals surface area (Å²) in [5, 5.41) is 11.7. The molecule has 0 aromatic heterocycles. The summed E-state index contributed by atoms with van der Waals surface area (Å²) in [5.74, 6) is -2.44. The molecule has 0 radical (unpaired) electrons. The summed E-state index contributed by atoms with van der Waals surface area (Å²) >= 11 is 0. The molecule has 0 bridgehead atoms. The highest BCUT2D eigenvalue weighted by atomic mass is 19.1. The molecular weight excluding hydrogens is 306 g/mol. The second-order valence-corrected chi connectivity index (χ2v) is 6.08. The van der Waals surface area contributed by atoms with E-state index in [4.69, 9.17) is 9.84 Å². The lowest BCUT2D eigenvalue weighted by Crippen LogP contribution is -2.46. The number of halogens is 2. The fraction of sp³-hybridized carbons (Fsp3) is 0.562. The smallest absolute Gasteiger partial charge is 0.257 e. The van der Waals surface area contributed by atoms with Crippen LogP contribution in [0, 0.1) is 11.6 Å². The van der Waals surface area contributed by atoms with Gasteiger partial charge in [0, 0.05) is 31.8 Å². The van der Waals surface area contributed by atoms with Crippen LogP contribution in [-0.4, -0.2) is 60.4 Å². The number of ether oxygens (including phenoxy) is 1. The Kier molecular flexibility index (Phi) is 4.89. The van der Waals surface area contributed by atoms with Gasteiger partial charge in [-0.05, 0) is 25.0 Å². The molecule has 0 aliphatic carbocycles. The SMILES string of the molecule is O=C(N[C@H]1C[C@H]2CO[C@@H](CCO)CN2C1)c1c(F)cccc1F. The summed E-state index contributed by atoms with van der Waals surface area (Å²) in [4.78, 5) is 14.3. The van der Waals surface area contributed by atoms with Crippen LogP contribution in [0.4, 0.5) is 8.78 Å². The van der Waals surface area contributed by atoms with E-state index in [9.17, 15) is 13.6 Å². The van der Waals surface area contributed by atoms with E-state index in [0.717, 1.165) is 12.1 Å². The molecule has 0 unspecified atom stereocenters. The van der Waals surface area contributed by atoms with Crippen molar-refractivity contribution < 1.29 is 23.4 Å². The van der Waals surface area contributed by atoms with Crippen LogP contribution in [-0.2, 0) is 4.74 Å². The van der Waals surface area contributed by atoms with E-state index in [2.05, 4.69) is 10.2 Å². The molecule has 1 amide bonds. The molecule has 7 heteroatoms. The quantitative estimate of drug-likeness (QED) is 0.864. The van der Waals surface area contributed by atoms with Crippen LogP contribution in [0.3, 0.4) is 0 Å². The third kappa shape index (κ3) is 3.52. The average molecular weight is 326 g/mol. The van der Waals surface area contributed by atoms with Crippen molar-refractivity contribution in [2.24, 2.45) is 0 Å². The minimum atomic E-state index is -0.857. The second kappa shape index (κ2) is 6.90. The summed E-state index contributed by atoms with van der Waals surface area (Å²) in [5.41, 5.74) is -0.535. The minimum Gasteiger partial charge on any atom is -0.396 e. The highest BCUT2D eigenvalue weighted by molar-refractivity contribution is 5.95. The van der Waals surface area contributed by atoms with Gasteiger partial charge in [0.1, 0.15) is 17.2 Å². The lowest BCUT2D eigenvalue weighted by Gasteiger charge is -2.34. The van der Waals surface area contributed by atoms with Crippen molar-refractivity contribution in [1.29, 1.82) is 0 Å². The van der Waals surface area contributed by atoms with E-state index in [1.165, 1.54) is 6.07 Å². The Labute approximate surface area is 133 Å². The van der Waals surface area contributed by atoms with Gasteiger partial charge >= 0.3 is 0 Å². The van der Waals surface area contributed by atoms with Crippen molar-refractivity contribution in [1.82, 2.24) is 10.2 Å². The summed E-state index contributed by atoms with van der Waals surface area (Å²) in [6.07, 6.45) is 1.27. The van der Waals surface area contributed by atoms with Gasteiger partial charge in [0.05, 0.1) is 12.7 Å². The predicted molar refractivity (Wildman–Crippen MR) is 79.0 cm³/mol. The van der Waals surface area contributed by atoms with Crippen molar-refractivity contribution in [3.8, 4) is 0 Å². The number of carbonyl (C=O) groups excluding carboxylic acids is 1. The van der Waals surface area contributed by atoms with Gasteiger partial charge in [0.2, 0.25) is 0 Å². The summed E-state index contributed by atoms with van der Waals surface area (Å²) in [7, 11) is 0. The van der Waals surface area contributed by atoms with Crippen molar-refractivity contribution in [2.45, 2.75) is 31.0 Å². The van der Waals surface area contributed by atoms with Crippen LogP contribution in [0.5, 0.6) is 0 Å². The van der Waals surface area contributed by atoms with Gasteiger partial charge in [0.25, 0.3) is 5.91 Å². The molecule has 0 spiro atoms. The Morgan fingerprint density at radius 2 is 2.09 bits per heavy atom. The molecule has 3 atom stereocenters. The van der Waals surface area contributed by atoms with E-state index in [-0.39, 0.29) is 24.8 Å². The fourth-order valence-corrected chi connectivity index (χ4v) is 3.34. The maximum Gasteiger partial charge on any atom is 0.257 e. The number of amides is 1. The molecule has 2 fully saturated rings. The molecule has 0 saturated carbocycles. The number of benzene rings is 1. The third-order valence-corrected chi connectivity index (χ3v) is 4.47. The maximum atomic E-state index is 13.7. The van der Waals surface area contributed by atoms with Crippen molar-refractivity contribution in [3.05, 3.63) is 35.4 Å². The van der Waals surface area contributed by atoms with Gasteiger partial charge in [-0.3, -0.25) is 9.69 Å². The monoisotopic (exact) mass is 326 g/mol. The van der Waals surface area contributed by atoms with Gasteiger partial charge in [-0.15, -0.1) is 0 Å². The second-order valence-electron chi connectivity index (χ2n) is 6.08. The van der Waals surface area contributed by atoms with Crippen LogP contribution in [0.15, 0.2) is 18.2 Å². The molecule has 1 aromatic carbocycles. The van der Waals surface area contributed by atoms with Gasteiger partial charge in [-0.25, -0.2) is 8.78 Å². The molecule has 3 rings (SSSR count). The zero-order valence-corrected chi connectivity index (χ0v) is 12.7. The van der Waals surface area contributed by atoms with E-state index in [1.807, 2.05) is 0 Å². The first-order valence-electron chi connectivity index (χ1n) is 7.80. The number of hydrogen-bond acceptors (Lipinski definition) is 4. The molecule has 23 heavy (non-hydrogen) atoms. The standard InChI is InChI=1S/C16H20F2N2O3/c17-13-2-1-3-14(18)15(13)16(22)19-10-6-11-9-23-12(4-5-21)8-20(11)7-10/h1-3,10-12,21H,4-9H2,(H,19,22)/t10-,11-,12-/m0/s1. The number of nitrogens with one attached hydrogen (secondary N) is 1. The van der Waals surface area contributed by atoms with E-state index < -0.39 is 23.1 Å². The van der Waals surface area contributed by atoms with E-state index in [0.29, 0.717) is 32.5 Å². The first-order valence-corrected chi connectivity index (χ1v) is 7.80. The third-order valence-electron chi connectivity index (χ3n) is 4.47. The minimum absolute atomic E-state index is 0.00489. The highest BCUT2D eigenvalue weighted by Crippen LogP contribution is 2.24. The Morgan fingerprint density at radius 3 is 2.78 bits per heavy atom. The van der Waals surface area contributed by atoms with Crippen LogP contribution >= 0.6 is 0 Å². The van der Waals surface area contributed by atoms with Crippen LogP contribution in [0.25, 0.3) is 0 Å². The number of fused-ring (bicyclic) bond motifs is 1. The lowest BCUT2D eigenvalue weighted by molar-refractivity contribution is -0.0566. The molecule has 2 aliphatic rings. The number of aliphatic hydroxyl groups excluding tert-OH is 1. The first kappa shape index (κ1) is 16.3. The zero-order valence-electron chi connectivity index (χ0n) is 12.7. The number of hydrogen-bond donors (Lipinski definition) is 2. The van der Waals surface area contributed by atoms with E-state index >= 15 is 0 Å². The summed E-state index contributed by atoms with van der Waals surface area (Å²) in [6.45, 7) is 1.95. The number of carbonyl (C=O) groups is 1. The first-order chi connectivity index (χ1) is 11.1. The van der Waals surface area contributed by atoms with Gasteiger partial charge < -0.3 is 15.2 Å². The molecule has 5 nitrogen and oxygen atoms in total. The number of rotatable bonds is 4. The highest BCUT2D eigenvalue weighted by Gasteiger charge is 2.38. The number of nitrogens with zero attached hydrogens (tertiary/aromatic N) is 1. The predicted octanol–water partition coefficient (Wildman–Crippen LogP) is 0.919. The summed E-state index contributed by atoms with van der Waals surface area (Å²) < 4.78 is 33.0. The number of aliphatic hydroxyl groups is 1. The maximum absolute atomic E-state index is 13.7. The van der Waals surface area contributed by atoms with Crippen molar-refractivity contribution in [2.75, 3.05) is 26.3 Å². The molecule has 1 aromatic rings. The average Bonchev–Trinajstić information content (AvgIpc) is 2.88. The van der Waals surface area contributed by atoms with Crippen molar-refractivity contribution in [3.63, 3.8) is 0 Å². The molecule has 2 heterocycles. The normalized spacial score (nSPS) is 27.7. The molecule has 2 saturated heterocycles. The molecule has 2 aliphatic heterocycles. The Hall–Kier alpha value is -1.57. The fourth-order valence-electron chi connectivity index (χ4n) is 3.34. The van der Waals surface area contributed by atoms with Crippen LogP contribution in [0.1, 0.15) is 23.2 Å². The van der Waals surface area contributed by atoms with Gasteiger partial charge in [-0.1, -0.05) is 6.07 Å². The largest absolute Gasteiger partial charge is 0.396 e. The van der Waals surface area contributed by atoms with E-state index in [1.54, 1.807) is 0 Å². The van der Waals surface area contributed by atoms with Crippen LogP contribution in [0.2, 0.25) is 0 Å². The Bertz CT molecular complexity index is 564. The van der Waals surface area contributed by atoms with Gasteiger partial charge in [-0.2, -0.15) is 0 Å². The molecule has 2 N–H and O–H groups in total. The Balaban J connectivity index is 1.61. The lowest BCUT2D eigenvalue weighted by atomic mass is 10.1. The summed E-state index contributed by atoms with van der Waals surface area (Å²) in [6, 6.07) is 3.41. The Morgan fingerprint density at radius 1 is 1.35 bits per heavy atom. The van der Waals surface area contributed by atoms with Crippen molar-refractivity contribution >= 4 is 5.91 Å². The molecule has 126 valence electrons. The molecular formula is C16H20F2N2O3. The topological polar surface area (TPSA) is 61.8 Å². The zero-order chi connectivity index (χ0) is 16.4. The van der Waals surface area contributed by atoms with Crippen LogP contribution < -0.4 is 5.32 Å². The van der Waals surface area contributed by atoms with Gasteiger partial charge in [0.15, 0.2) is 0 Å².